The zero-order valence-electron chi connectivity index (χ0n) is 14.9. The quantitative estimate of drug-likeness (QED) is 0.566. The molecule has 0 fully saturated rings. The van der Waals surface area contributed by atoms with Crippen molar-refractivity contribution in [3.63, 3.8) is 0 Å². The van der Waals surface area contributed by atoms with Crippen molar-refractivity contribution in [1.82, 2.24) is 9.36 Å². The largest absolute Gasteiger partial charge is 0.326 e. The Kier molecular flexibility index (Phi) is 6.72. The number of nitrogens with zero attached hydrogens (tertiary/aromatic N) is 2. The lowest BCUT2D eigenvalue weighted by Gasteiger charge is -2.06. The van der Waals surface area contributed by atoms with Crippen LogP contribution in [0.1, 0.15) is 18.1 Å². The van der Waals surface area contributed by atoms with Crippen molar-refractivity contribution in [1.29, 1.82) is 0 Å². The summed E-state index contributed by atoms with van der Waals surface area (Å²) < 4.78 is 17.1. The Hall–Kier alpha value is -2.78. The molecule has 9 heteroatoms. The van der Waals surface area contributed by atoms with Gasteiger partial charge in [0, 0.05) is 29.9 Å². The number of rotatable bonds is 7. The van der Waals surface area contributed by atoms with Crippen LogP contribution >= 0.6 is 23.3 Å². The highest BCUT2D eigenvalue weighted by molar-refractivity contribution is 7.98. The lowest BCUT2D eigenvalue weighted by molar-refractivity contribution is -0.116. The SMILES string of the molecule is CC(=O)Nc1nc(SCc2ccc(NC(=O)Cc3ccc(F)cc3)cc2)ns1. The molecule has 0 bridgehead atoms. The van der Waals surface area contributed by atoms with Crippen molar-refractivity contribution in [3.05, 3.63) is 65.5 Å². The number of nitrogens with one attached hydrogen (secondary N) is 2. The number of benzene rings is 2. The summed E-state index contributed by atoms with van der Waals surface area (Å²) in [4.78, 5) is 27.3. The number of carbonyl (C=O) groups excluding carboxylic acids is 2. The van der Waals surface area contributed by atoms with Gasteiger partial charge in [0.1, 0.15) is 5.82 Å². The molecule has 0 saturated heterocycles. The molecule has 0 aliphatic rings. The highest BCUT2D eigenvalue weighted by Gasteiger charge is 2.07. The summed E-state index contributed by atoms with van der Waals surface area (Å²) in [5, 5.41) is 6.51. The molecule has 28 heavy (non-hydrogen) atoms. The predicted octanol–water partition coefficient (Wildman–Crippen LogP) is 4.11. The van der Waals surface area contributed by atoms with Crippen molar-refractivity contribution in [3.8, 4) is 0 Å². The van der Waals surface area contributed by atoms with Crippen molar-refractivity contribution in [2.24, 2.45) is 0 Å². The van der Waals surface area contributed by atoms with E-state index >= 15 is 0 Å². The number of aromatic nitrogens is 2. The molecule has 6 nitrogen and oxygen atoms in total. The number of hydrogen-bond acceptors (Lipinski definition) is 6. The van der Waals surface area contributed by atoms with Crippen LogP contribution < -0.4 is 10.6 Å². The van der Waals surface area contributed by atoms with Gasteiger partial charge in [-0.15, -0.1) is 0 Å². The molecular weight excluding hydrogens is 399 g/mol. The molecule has 2 amide bonds. The van der Waals surface area contributed by atoms with E-state index in [1.54, 1.807) is 12.1 Å². The number of hydrogen-bond donors (Lipinski definition) is 2. The van der Waals surface area contributed by atoms with Crippen LogP contribution in [0.3, 0.4) is 0 Å². The van der Waals surface area contributed by atoms with E-state index in [2.05, 4.69) is 20.0 Å². The lowest BCUT2D eigenvalue weighted by atomic mass is 10.1. The topological polar surface area (TPSA) is 84.0 Å². The molecule has 1 aromatic heterocycles. The third kappa shape index (κ3) is 6.14. The molecule has 3 aromatic rings. The average molecular weight is 417 g/mol. The molecule has 3 rings (SSSR count). The maximum atomic E-state index is 12.9. The van der Waals surface area contributed by atoms with E-state index in [0.717, 1.165) is 22.7 Å². The molecular formula is C19H17FN4O2S2. The first-order valence-corrected chi connectivity index (χ1v) is 10.1. The summed E-state index contributed by atoms with van der Waals surface area (Å²) in [6, 6.07) is 13.4. The maximum absolute atomic E-state index is 12.9. The predicted molar refractivity (Wildman–Crippen MR) is 109 cm³/mol. The molecule has 0 spiro atoms. The van der Waals surface area contributed by atoms with Gasteiger partial charge < -0.3 is 10.6 Å². The molecule has 0 unspecified atom stereocenters. The van der Waals surface area contributed by atoms with Gasteiger partial charge in [0.2, 0.25) is 22.1 Å². The van der Waals surface area contributed by atoms with Crippen molar-refractivity contribution < 1.29 is 14.0 Å². The van der Waals surface area contributed by atoms with Gasteiger partial charge >= 0.3 is 0 Å². The Morgan fingerprint density at radius 3 is 2.39 bits per heavy atom. The summed E-state index contributed by atoms with van der Waals surface area (Å²) in [6.07, 6.45) is 0.185. The van der Waals surface area contributed by atoms with Gasteiger partial charge in [0.05, 0.1) is 6.42 Å². The van der Waals surface area contributed by atoms with Gasteiger partial charge in [0.15, 0.2) is 0 Å². The minimum absolute atomic E-state index is 0.161. The van der Waals surface area contributed by atoms with E-state index < -0.39 is 0 Å². The first-order chi connectivity index (χ1) is 13.5. The molecule has 0 atom stereocenters. The second-order valence-corrected chi connectivity index (χ2v) is 7.59. The van der Waals surface area contributed by atoms with E-state index in [1.165, 1.54) is 30.8 Å². The Morgan fingerprint density at radius 1 is 1.04 bits per heavy atom. The second-order valence-electron chi connectivity index (χ2n) is 5.90. The number of anilines is 2. The Bertz CT molecular complexity index is 959. The fourth-order valence-corrected chi connectivity index (χ4v) is 3.84. The smallest absolute Gasteiger partial charge is 0.228 e. The fourth-order valence-electron chi connectivity index (χ4n) is 2.29. The van der Waals surface area contributed by atoms with E-state index in [-0.39, 0.29) is 24.1 Å². The number of thioether (sulfide) groups is 1. The standard InChI is InChI=1S/C19H17FN4O2S2/c1-12(25)21-18-23-19(24-28-18)27-11-14-4-8-16(9-5-14)22-17(26)10-13-2-6-15(20)7-3-13/h2-9H,10-11H2,1H3,(H,22,26)(H,21,23,24,25). The van der Waals surface area contributed by atoms with E-state index in [1.807, 2.05) is 24.3 Å². The second kappa shape index (κ2) is 9.43. The maximum Gasteiger partial charge on any atom is 0.228 e. The number of halogens is 1. The van der Waals surface area contributed by atoms with Gasteiger partial charge in [0.25, 0.3) is 0 Å². The van der Waals surface area contributed by atoms with Gasteiger partial charge in [-0.25, -0.2) is 4.39 Å². The molecule has 1 heterocycles. The first kappa shape index (κ1) is 20.0. The molecule has 2 N–H and O–H groups in total. The van der Waals surface area contributed by atoms with Crippen LogP contribution in [0.15, 0.2) is 53.7 Å². The summed E-state index contributed by atoms with van der Waals surface area (Å²) in [5.74, 6) is 0.00697. The zero-order chi connectivity index (χ0) is 19.9. The first-order valence-electron chi connectivity index (χ1n) is 8.35. The van der Waals surface area contributed by atoms with E-state index in [0.29, 0.717) is 21.7 Å². The van der Waals surface area contributed by atoms with Crippen LogP contribution in [-0.4, -0.2) is 21.2 Å². The normalized spacial score (nSPS) is 10.5. The zero-order valence-corrected chi connectivity index (χ0v) is 16.6. The molecule has 144 valence electrons. The molecule has 0 aliphatic heterocycles. The third-order valence-corrected chi connectivity index (χ3v) is 5.24. The Labute approximate surface area is 169 Å². The van der Waals surface area contributed by atoms with Gasteiger partial charge in [-0.1, -0.05) is 36.0 Å². The van der Waals surface area contributed by atoms with E-state index in [9.17, 15) is 14.0 Å². The lowest BCUT2D eigenvalue weighted by Crippen LogP contribution is -2.14. The van der Waals surface area contributed by atoms with E-state index in [4.69, 9.17) is 0 Å². The van der Waals surface area contributed by atoms with Gasteiger partial charge in [-0.3, -0.25) is 9.59 Å². The molecule has 2 aromatic carbocycles. The summed E-state index contributed by atoms with van der Waals surface area (Å²) in [5.41, 5.74) is 2.50. The molecule has 0 radical (unpaired) electrons. The highest BCUT2D eigenvalue weighted by Crippen LogP contribution is 2.24. The number of amides is 2. The highest BCUT2D eigenvalue weighted by atomic mass is 32.2. The monoisotopic (exact) mass is 416 g/mol. The van der Waals surface area contributed by atoms with Gasteiger partial charge in [-0.05, 0) is 35.4 Å². The van der Waals surface area contributed by atoms with Crippen LogP contribution in [0.2, 0.25) is 0 Å². The van der Waals surface area contributed by atoms with Crippen LogP contribution in [0.5, 0.6) is 0 Å². The average Bonchev–Trinajstić information content (AvgIpc) is 3.10. The van der Waals surface area contributed by atoms with Crippen molar-refractivity contribution in [2.75, 3.05) is 10.6 Å². The fraction of sp³-hybridized carbons (Fsp3) is 0.158. The minimum atomic E-state index is -0.322. The Balaban J connectivity index is 1.49. The summed E-state index contributed by atoms with van der Waals surface area (Å²) >= 11 is 2.60. The van der Waals surface area contributed by atoms with Crippen molar-refractivity contribution >= 4 is 45.9 Å². The number of carbonyl (C=O) groups is 2. The summed E-state index contributed by atoms with van der Waals surface area (Å²) in [6.45, 7) is 1.42. The van der Waals surface area contributed by atoms with Crippen molar-refractivity contribution in [2.45, 2.75) is 24.3 Å². The molecule has 0 aliphatic carbocycles. The van der Waals surface area contributed by atoms with Crippen LogP contribution in [0, 0.1) is 5.82 Å². The van der Waals surface area contributed by atoms with Crippen LogP contribution in [-0.2, 0) is 21.8 Å². The Morgan fingerprint density at radius 2 is 1.71 bits per heavy atom. The third-order valence-electron chi connectivity index (χ3n) is 3.57. The minimum Gasteiger partial charge on any atom is -0.326 e. The van der Waals surface area contributed by atoms with Crippen LogP contribution in [0.25, 0.3) is 0 Å². The van der Waals surface area contributed by atoms with Crippen LogP contribution in [0.4, 0.5) is 15.2 Å². The summed E-state index contributed by atoms with van der Waals surface area (Å²) in [7, 11) is 0. The molecule has 0 saturated carbocycles. The van der Waals surface area contributed by atoms with Gasteiger partial charge in [-0.2, -0.15) is 9.36 Å².